The molecule has 1 unspecified atom stereocenters. The standard InChI is InChI=1S/C26H31ClN2O3/c1-19-8-3-4-9-21(19)25(31)29-14-7-13-26(18-29)12-5-2-6-15-32-23-11-10-20(27)16-22(23)24(30)28-17-26/h3-4,8-11,16H,2,5-7,12-15,17-18H2,1H3,(H,28,30). The van der Waals surface area contributed by atoms with E-state index in [2.05, 4.69) is 5.32 Å². The molecule has 4 rings (SSSR count). The number of carbonyl (C=O) groups is 2. The molecule has 170 valence electrons. The highest BCUT2D eigenvalue weighted by molar-refractivity contribution is 6.31. The van der Waals surface area contributed by atoms with Crippen molar-refractivity contribution in [1.29, 1.82) is 0 Å². The molecule has 1 fully saturated rings. The summed E-state index contributed by atoms with van der Waals surface area (Å²) >= 11 is 6.15. The number of carbonyl (C=O) groups excluding carboxylic acids is 2. The van der Waals surface area contributed by atoms with Crippen LogP contribution in [0, 0.1) is 12.3 Å². The van der Waals surface area contributed by atoms with Gasteiger partial charge in [-0.05, 0) is 62.4 Å². The summed E-state index contributed by atoms with van der Waals surface area (Å²) in [6, 6.07) is 12.9. The first-order valence-corrected chi connectivity index (χ1v) is 11.9. The van der Waals surface area contributed by atoms with E-state index in [-0.39, 0.29) is 17.2 Å². The van der Waals surface area contributed by atoms with E-state index in [1.165, 1.54) is 0 Å². The summed E-state index contributed by atoms with van der Waals surface area (Å²) in [5, 5.41) is 3.65. The van der Waals surface area contributed by atoms with Gasteiger partial charge in [0.05, 0.1) is 12.2 Å². The molecule has 2 amide bonds. The van der Waals surface area contributed by atoms with Gasteiger partial charge in [0.15, 0.2) is 0 Å². The van der Waals surface area contributed by atoms with Gasteiger partial charge in [-0.1, -0.05) is 42.6 Å². The van der Waals surface area contributed by atoms with Crippen molar-refractivity contribution in [2.75, 3.05) is 26.2 Å². The van der Waals surface area contributed by atoms with Gasteiger partial charge >= 0.3 is 0 Å². The Morgan fingerprint density at radius 3 is 2.75 bits per heavy atom. The third-order valence-corrected chi connectivity index (χ3v) is 6.98. The van der Waals surface area contributed by atoms with Gasteiger partial charge in [0.1, 0.15) is 5.75 Å². The predicted molar refractivity (Wildman–Crippen MR) is 126 cm³/mol. The van der Waals surface area contributed by atoms with E-state index in [4.69, 9.17) is 16.3 Å². The number of piperidine rings is 1. The summed E-state index contributed by atoms with van der Waals surface area (Å²) in [7, 11) is 0. The monoisotopic (exact) mass is 454 g/mol. The zero-order valence-corrected chi connectivity index (χ0v) is 19.4. The molecule has 5 nitrogen and oxygen atoms in total. The van der Waals surface area contributed by atoms with Gasteiger partial charge in [-0.15, -0.1) is 0 Å². The molecule has 1 N–H and O–H groups in total. The molecule has 2 aromatic carbocycles. The lowest BCUT2D eigenvalue weighted by Gasteiger charge is -2.43. The molecule has 0 aliphatic carbocycles. The van der Waals surface area contributed by atoms with Crippen LogP contribution in [0.25, 0.3) is 0 Å². The molecule has 1 saturated heterocycles. The maximum absolute atomic E-state index is 13.3. The number of nitrogens with one attached hydrogen (secondary N) is 1. The number of likely N-dealkylation sites (tertiary alicyclic amines) is 1. The molecular weight excluding hydrogens is 424 g/mol. The summed E-state index contributed by atoms with van der Waals surface area (Å²) in [5.74, 6) is 0.483. The highest BCUT2D eigenvalue weighted by Gasteiger charge is 2.37. The van der Waals surface area contributed by atoms with E-state index in [1.807, 2.05) is 36.1 Å². The van der Waals surface area contributed by atoms with Crippen molar-refractivity contribution < 1.29 is 14.3 Å². The Morgan fingerprint density at radius 2 is 1.91 bits per heavy atom. The minimum absolute atomic E-state index is 0.0881. The number of benzene rings is 2. The summed E-state index contributed by atoms with van der Waals surface area (Å²) in [4.78, 5) is 28.3. The number of aryl methyl sites for hydroxylation is 1. The molecule has 0 aromatic heterocycles. The lowest BCUT2D eigenvalue weighted by Crippen LogP contribution is -2.51. The van der Waals surface area contributed by atoms with E-state index in [9.17, 15) is 9.59 Å². The van der Waals surface area contributed by atoms with Gasteiger partial charge in [0.25, 0.3) is 11.8 Å². The lowest BCUT2D eigenvalue weighted by molar-refractivity contribution is 0.0468. The van der Waals surface area contributed by atoms with E-state index >= 15 is 0 Å². The van der Waals surface area contributed by atoms with Crippen molar-refractivity contribution in [2.45, 2.75) is 45.4 Å². The van der Waals surface area contributed by atoms with E-state index in [0.717, 1.165) is 56.2 Å². The third-order valence-electron chi connectivity index (χ3n) is 6.74. The van der Waals surface area contributed by atoms with Crippen LogP contribution in [0.1, 0.15) is 64.8 Å². The van der Waals surface area contributed by atoms with Crippen LogP contribution in [0.2, 0.25) is 5.02 Å². The van der Waals surface area contributed by atoms with E-state index in [0.29, 0.717) is 36.0 Å². The zero-order valence-electron chi connectivity index (χ0n) is 18.7. The van der Waals surface area contributed by atoms with Crippen LogP contribution in [-0.4, -0.2) is 43.0 Å². The predicted octanol–water partition coefficient (Wildman–Crippen LogP) is 5.25. The Kier molecular flexibility index (Phi) is 7.04. The first kappa shape index (κ1) is 22.7. The van der Waals surface area contributed by atoms with Gasteiger partial charge in [0.2, 0.25) is 0 Å². The van der Waals surface area contributed by atoms with Crippen molar-refractivity contribution >= 4 is 23.4 Å². The molecule has 1 spiro atoms. The van der Waals surface area contributed by atoms with Crippen molar-refractivity contribution in [1.82, 2.24) is 10.2 Å². The fraction of sp³-hybridized carbons (Fsp3) is 0.462. The number of rotatable bonds is 1. The van der Waals surface area contributed by atoms with Gasteiger partial charge < -0.3 is 15.0 Å². The van der Waals surface area contributed by atoms with Gasteiger partial charge in [-0.2, -0.15) is 0 Å². The molecular formula is C26H31ClN2O3. The largest absolute Gasteiger partial charge is 0.493 e. The summed E-state index contributed by atoms with van der Waals surface area (Å²) in [6.45, 7) is 4.52. The van der Waals surface area contributed by atoms with Gasteiger partial charge in [-0.3, -0.25) is 9.59 Å². The Balaban J connectivity index is 1.55. The second kappa shape index (κ2) is 9.95. The van der Waals surface area contributed by atoms with Crippen LogP contribution in [-0.2, 0) is 0 Å². The fourth-order valence-electron chi connectivity index (χ4n) is 4.93. The Labute approximate surface area is 195 Å². The van der Waals surface area contributed by atoms with Crippen molar-refractivity contribution in [3.63, 3.8) is 0 Å². The number of nitrogens with zero attached hydrogens (tertiary/aromatic N) is 1. The maximum atomic E-state index is 13.3. The summed E-state index contributed by atoms with van der Waals surface area (Å²) < 4.78 is 5.86. The molecule has 0 saturated carbocycles. The number of fused-ring (bicyclic) bond motifs is 1. The molecule has 32 heavy (non-hydrogen) atoms. The third kappa shape index (κ3) is 5.09. The van der Waals surface area contributed by atoms with Gasteiger partial charge in [-0.25, -0.2) is 0 Å². The number of amides is 2. The Hall–Kier alpha value is -2.53. The second-order valence-electron chi connectivity index (χ2n) is 9.13. The average molecular weight is 455 g/mol. The van der Waals surface area contributed by atoms with E-state index in [1.54, 1.807) is 18.2 Å². The molecule has 2 heterocycles. The number of hydrogen-bond donors (Lipinski definition) is 1. The van der Waals surface area contributed by atoms with E-state index < -0.39 is 0 Å². The van der Waals surface area contributed by atoms with Crippen LogP contribution >= 0.6 is 11.6 Å². The smallest absolute Gasteiger partial charge is 0.255 e. The minimum atomic E-state index is -0.176. The first-order valence-electron chi connectivity index (χ1n) is 11.5. The van der Waals surface area contributed by atoms with Crippen molar-refractivity contribution in [3.05, 3.63) is 64.2 Å². The molecule has 2 aromatic rings. The van der Waals surface area contributed by atoms with Crippen LogP contribution < -0.4 is 10.1 Å². The highest BCUT2D eigenvalue weighted by atomic mass is 35.5. The van der Waals surface area contributed by atoms with Crippen LogP contribution in [0.4, 0.5) is 0 Å². The van der Waals surface area contributed by atoms with Crippen LogP contribution in [0.5, 0.6) is 5.75 Å². The van der Waals surface area contributed by atoms with Crippen LogP contribution in [0.15, 0.2) is 42.5 Å². The number of ether oxygens (including phenoxy) is 1. The molecule has 1 atom stereocenters. The minimum Gasteiger partial charge on any atom is -0.493 e. The Bertz CT molecular complexity index is 993. The fourth-order valence-corrected chi connectivity index (χ4v) is 5.10. The second-order valence-corrected chi connectivity index (χ2v) is 9.56. The molecule has 0 radical (unpaired) electrons. The van der Waals surface area contributed by atoms with Gasteiger partial charge in [0, 0.05) is 35.6 Å². The molecule has 2 aliphatic heterocycles. The van der Waals surface area contributed by atoms with Crippen molar-refractivity contribution in [3.8, 4) is 5.75 Å². The number of hydrogen-bond acceptors (Lipinski definition) is 3. The Morgan fingerprint density at radius 1 is 1.09 bits per heavy atom. The molecule has 6 heteroatoms. The van der Waals surface area contributed by atoms with Crippen LogP contribution in [0.3, 0.4) is 0 Å². The zero-order chi connectivity index (χ0) is 22.6. The SMILES string of the molecule is Cc1ccccc1C(=O)N1CCCC2(CCCCCOc3ccc(Cl)cc3C(=O)NC2)C1. The topological polar surface area (TPSA) is 58.6 Å². The normalized spacial score (nSPS) is 22.2. The molecule has 0 bridgehead atoms. The summed E-state index contributed by atoms with van der Waals surface area (Å²) in [5.41, 5.74) is 2.11. The number of halogens is 1. The molecule has 2 aliphatic rings. The van der Waals surface area contributed by atoms with Crippen molar-refractivity contribution in [2.24, 2.45) is 5.41 Å². The maximum Gasteiger partial charge on any atom is 0.255 e. The lowest BCUT2D eigenvalue weighted by atomic mass is 9.75. The average Bonchev–Trinajstić information content (AvgIpc) is 2.80. The summed E-state index contributed by atoms with van der Waals surface area (Å²) in [6.07, 6.45) is 5.98. The quantitative estimate of drug-likeness (QED) is 0.639. The highest BCUT2D eigenvalue weighted by Crippen LogP contribution is 2.36. The first-order chi connectivity index (χ1) is 15.5.